The lowest BCUT2D eigenvalue weighted by Crippen LogP contribution is -2.59. The number of carboxylic acid groups (broad SMARTS) is 1. The number of nitrogens with two attached hydrogens (primary N) is 1. The molecule has 0 spiro atoms. The summed E-state index contributed by atoms with van der Waals surface area (Å²) >= 11 is 5.76. The van der Waals surface area contributed by atoms with E-state index in [2.05, 4.69) is 33.6 Å². The van der Waals surface area contributed by atoms with Gasteiger partial charge in [0.25, 0.3) is 0 Å². The third-order valence-electron chi connectivity index (χ3n) is 6.29. The summed E-state index contributed by atoms with van der Waals surface area (Å²) in [5, 5.41) is 18.4. The topological polar surface area (TPSA) is 166 Å². The number of hydrogen-bond donors (Lipinski definition) is 7. The van der Waals surface area contributed by atoms with Gasteiger partial charge in [-0.25, -0.2) is 4.79 Å². The number of amides is 3. The second-order valence-corrected chi connectivity index (χ2v) is 10.3. The number of carbonyl (C=O) groups is 4. The summed E-state index contributed by atoms with van der Waals surface area (Å²) in [6.45, 7) is 3.70. The minimum absolute atomic E-state index is 0.0534. The van der Waals surface area contributed by atoms with Crippen LogP contribution in [0.5, 0.6) is 0 Å². The van der Waals surface area contributed by atoms with E-state index in [0.29, 0.717) is 18.6 Å². The van der Waals surface area contributed by atoms with Crippen molar-refractivity contribution in [3.8, 4) is 0 Å². The number of aromatic amines is 1. The van der Waals surface area contributed by atoms with Gasteiger partial charge in [0.15, 0.2) is 0 Å². The summed E-state index contributed by atoms with van der Waals surface area (Å²) in [5.74, 6) is -2.46. The van der Waals surface area contributed by atoms with Crippen molar-refractivity contribution in [2.75, 3.05) is 17.8 Å². The van der Waals surface area contributed by atoms with Crippen LogP contribution >= 0.6 is 24.4 Å². The molecule has 3 amide bonds. The van der Waals surface area contributed by atoms with Crippen LogP contribution in [0.3, 0.4) is 0 Å². The highest BCUT2D eigenvalue weighted by Crippen LogP contribution is 2.19. The van der Waals surface area contributed by atoms with Crippen molar-refractivity contribution in [2.45, 2.75) is 57.3 Å². The van der Waals surface area contributed by atoms with E-state index in [1.54, 1.807) is 18.0 Å². The Kier molecular flexibility index (Phi) is 12.3. The van der Waals surface area contributed by atoms with E-state index >= 15 is 0 Å². The molecule has 2 aromatic rings. The lowest BCUT2D eigenvalue weighted by atomic mass is 9.97. The fourth-order valence-electron chi connectivity index (χ4n) is 3.79. The number of hydrogen-bond acceptors (Lipinski definition) is 7. The maximum atomic E-state index is 13.1. The lowest BCUT2D eigenvalue weighted by molar-refractivity contribution is -0.142. The molecular formula is C25H37N5O5S2. The van der Waals surface area contributed by atoms with E-state index in [-0.39, 0.29) is 18.1 Å². The SMILES string of the molecule is CCC(C)C(NC(=O)C(N)CCSC)C(=O)NC(CS)C(=O)NC(Cc1c[nH]c2ccccc12)C(=O)O. The van der Waals surface area contributed by atoms with Crippen molar-refractivity contribution in [1.29, 1.82) is 0 Å². The number of thiol groups is 1. The second-order valence-electron chi connectivity index (χ2n) is 8.97. The Labute approximate surface area is 226 Å². The maximum absolute atomic E-state index is 13.1. The highest BCUT2D eigenvalue weighted by molar-refractivity contribution is 7.98. The van der Waals surface area contributed by atoms with Crippen LogP contribution in [0.2, 0.25) is 0 Å². The quantitative estimate of drug-likeness (QED) is 0.164. The van der Waals surface area contributed by atoms with E-state index in [4.69, 9.17) is 5.73 Å². The molecule has 0 saturated heterocycles. The Balaban J connectivity index is 2.09. The number of benzene rings is 1. The molecule has 1 aromatic carbocycles. The number of carboxylic acids is 1. The van der Waals surface area contributed by atoms with Crippen molar-refractivity contribution in [1.82, 2.24) is 20.9 Å². The number of aromatic nitrogens is 1. The Hall–Kier alpha value is -2.70. The van der Waals surface area contributed by atoms with Gasteiger partial charge in [-0.15, -0.1) is 0 Å². The van der Waals surface area contributed by atoms with E-state index in [1.165, 1.54) is 0 Å². The first-order valence-corrected chi connectivity index (χ1v) is 14.2. The third-order valence-corrected chi connectivity index (χ3v) is 7.30. The Bertz CT molecular complexity index is 1080. The molecule has 2 rings (SSSR count). The van der Waals surface area contributed by atoms with E-state index < -0.39 is 47.9 Å². The molecule has 0 aliphatic rings. The normalized spacial score (nSPS) is 15.3. The summed E-state index contributed by atoms with van der Waals surface area (Å²) < 4.78 is 0. The standard InChI is InChI=1S/C25H37N5O5S2/c1-4-14(2)21(30-22(31)17(26)9-10-37-3)24(33)29-20(13-36)23(32)28-19(25(34)35)11-15-12-27-18-8-6-5-7-16(15)18/h5-8,12,14,17,19-21,27,36H,4,9-11,13,26H2,1-3H3,(H,28,32)(H,29,33)(H,30,31)(H,34,35). The minimum Gasteiger partial charge on any atom is -0.480 e. The molecule has 7 N–H and O–H groups in total. The highest BCUT2D eigenvalue weighted by atomic mass is 32.2. The molecule has 1 heterocycles. The van der Waals surface area contributed by atoms with E-state index in [0.717, 1.165) is 16.5 Å². The first-order valence-electron chi connectivity index (χ1n) is 12.2. The molecule has 0 radical (unpaired) electrons. The first-order chi connectivity index (χ1) is 17.6. The number of aliphatic carboxylic acids is 1. The molecule has 12 heteroatoms. The summed E-state index contributed by atoms with van der Waals surface area (Å²) in [5.41, 5.74) is 7.55. The Morgan fingerprint density at radius 3 is 2.38 bits per heavy atom. The number of carbonyl (C=O) groups excluding carboxylic acids is 3. The molecule has 0 fully saturated rings. The summed E-state index contributed by atoms with van der Waals surface area (Å²) in [6, 6.07) is 3.48. The van der Waals surface area contributed by atoms with Gasteiger partial charge in [-0.2, -0.15) is 24.4 Å². The zero-order chi connectivity index (χ0) is 27.5. The van der Waals surface area contributed by atoms with Crippen molar-refractivity contribution in [2.24, 2.45) is 11.7 Å². The van der Waals surface area contributed by atoms with Gasteiger partial charge in [-0.1, -0.05) is 38.5 Å². The van der Waals surface area contributed by atoms with Crippen LogP contribution in [-0.4, -0.2) is 75.7 Å². The van der Waals surface area contributed by atoms with E-state index in [9.17, 15) is 24.3 Å². The Morgan fingerprint density at radius 1 is 1.08 bits per heavy atom. The molecule has 204 valence electrons. The lowest BCUT2D eigenvalue weighted by Gasteiger charge is -2.27. The van der Waals surface area contributed by atoms with Crippen LogP contribution in [0.25, 0.3) is 10.9 Å². The Morgan fingerprint density at radius 2 is 1.76 bits per heavy atom. The van der Waals surface area contributed by atoms with Crippen molar-refractivity contribution in [3.63, 3.8) is 0 Å². The predicted molar refractivity (Wildman–Crippen MR) is 150 cm³/mol. The molecule has 0 bridgehead atoms. The van der Waals surface area contributed by atoms with Gasteiger partial charge in [-0.3, -0.25) is 14.4 Å². The molecule has 10 nitrogen and oxygen atoms in total. The molecule has 5 unspecified atom stereocenters. The fraction of sp³-hybridized carbons (Fsp3) is 0.520. The molecule has 5 atom stereocenters. The van der Waals surface area contributed by atoms with Crippen LogP contribution < -0.4 is 21.7 Å². The van der Waals surface area contributed by atoms with Crippen molar-refractivity contribution >= 4 is 59.0 Å². The van der Waals surface area contributed by atoms with Crippen molar-refractivity contribution < 1.29 is 24.3 Å². The number of fused-ring (bicyclic) bond motifs is 1. The van der Waals surface area contributed by atoms with Gasteiger partial charge in [-0.05, 0) is 36.0 Å². The molecule has 0 aliphatic heterocycles. The highest BCUT2D eigenvalue weighted by Gasteiger charge is 2.32. The molecule has 0 aliphatic carbocycles. The van der Waals surface area contributed by atoms with Crippen LogP contribution in [-0.2, 0) is 25.6 Å². The second kappa shape index (κ2) is 14.9. The number of rotatable bonds is 15. The van der Waals surface area contributed by atoms with Crippen molar-refractivity contribution in [3.05, 3.63) is 36.0 Å². The summed E-state index contributed by atoms with van der Waals surface area (Å²) in [6.07, 6.45) is 4.75. The van der Waals surface area contributed by atoms with Gasteiger partial charge in [0.1, 0.15) is 18.1 Å². The monoisotopic (exact) mass is 551 g/mol. The van der Waals surface area contributed by atoms with Crippen LogP contribution in [0.4, 0.5) is 0 Å². The number of nitrogens with one attached hydrogen (secondary N) is 4. The molecule has 1 aromatic heterocycles. The predicted octanol–water partition coefficient (Wildman–Crippen LogP) is 1.31. The van der Waals surface area contributed by atoms with Gasteiger partial charge in [0, 0.05) is 29.3 Å². The van der Waals surface area contributed by atoms with Crippen LogP contribution in [0.15, 0.2) is 30.5 Å². The zero-order valence-corrected chi connectivity index (χ0v) is 23.0. The van der Waals surface area contributed by atoms with Gasteiger partial charge in [0.05, 0.1) is 6.04 Å². The molecular weight excluding hydrogens is 514 g/mol. The first kappa shape index (κ1) is 30.5. The van der Waals surface area contributed by atoms with Gasteiger partial charge >= 0.3 is 5.97 Å². The summed E-state index contributed by atoms with van der Waals surface area (Å²) in [7, 11) is 0. The summed E-state index contributed by atoms with van der Waals surface area (Å²) in [4.78, 5) is 53.7. The smallest absolute Gasteiger partial charge is 0.326 e. The van der Waals surface area contributed by atoms with Gasteiger partial charge < -0.3 is 31.8 Å². The average Bonchev–Trinajstić information content (AvgIpc) is 3.30. The largest absolute Gasteiger partial charge is 0.480 e. The average molecular weight is 552 g/mol. The van der Waals surface area contributed by atoms with Crippen LogP contribution in [0.1, 0.15) is 32.3 Å². The third kappa shape index (κ3) is 8.68. The number of thioether (sulfide) groups is 1. The van der Waals surface area contributed by atoms with Crippen LogP contribution in [0, 0.1) is 5.92 Å². The minimum atomic E-state index is -1.22. The molecule has 37 heavy (non-hydrogen) atoms. The van der Waals surface area contributed by atoms with E-state index in [1.807, 2.05) is 44.4 Å². The zero-order valence-electron chi connectivity index (χ0n) is 21.3. The molecule has 0 saturated carbocycles. The maximum Gasteiger partial charge on any atom is 0.326 e. The number of H-pyrrole nitrogens is 1. The number of para-hydroxylation sites is 1. The van der Waals surface area contributed by atoms with Gasteiger partial charge in [0.2, 0.25) is 17.7 Å². The fourth-order valence-corrected chi connectivity index (χ4v) is 4.53.